The maximum Gasteiger partial charge on any atom is 0.242 e. The summed E-state index contributed by atoms with van der Waals surface area (Å²) in [5.41, 5.74) is 0. The maximum absolute atomic E-state index is 11.4. The molecule has 1 saturated heterocycles. The largest absolute Gasteiger partial charge is 0.307 e. The number of carbonyl (C=O) groups excluding carboxylic acids is 1. The number of pyridine rings is 1. The first-order valence-corrected chi connectivity index (χ1v) is 4.30. The van der Waals surface area contributed by atoms with Gasteiger partial charge in [0.2, 0.25) is 5.91 Å². The summed E-state index contributed by atoms with van der Waals surface area (Å²) in [6, 6.07) is 5.58. The van der Waals surface area contributed by atoms with E-state index in [2.05, 4.69) is 10.3 Å². The molecular formula is C9H11N3O. The summed E-state index contributed by atoms with van der Waals surface area (Å²) >= 11 is 0. The van der Waals surface area contributed by atoms with Crippen LogP contribution in [0.2, 0.25) is 0 Å². The van der Waals surface area contributed by atoms with Crippen LogP contribution in [0.4, 0.5) is 5.82 Å². The van der Waals surface area contributed by atoms with Gasteiger partial charge in [-0.25, -0.2) is 4.98 Å². The fourth-order valence-electron chi connectivity index (χ4n) is 1.36. The van der Waals surface area contributed by atoms with E-state index in [4.69, 9.17) is 0 Å². The van der Waals surface area contributed by atoms with Gasteiger partial charge in [0, 0.05) is 19.3 Å². The molecule has 1 N–H and O–H groups in total. The molecule has 0 bridgehead atoms. The molecule has 4 nitrogen and oxygen atoms in total. The van der Waals surface area contributed by atoms with E-state index in [1.807, 2.05) is 18.2 Å². The lowest BCUT2D eigenvalue weighted by atomic mass is 10.3. The molecular weight excluding hydrogens is 166 g/mol. The van der Waals surface area contributed by atoms with Gasteiger partial charge in [-0.3, -0.25) is 9.69 Å². The van der Waals surface area contributed by atoms with E-state index >= 15 is 0 Å². The van der Waals surface area contributed by atoms with E-state index in [0.29, 0.717) is 13.1 Å². The summed E-state index contributed by atoms with van der Waals surface area (Å²) < 4.78 is 0. The molecule has 0 atom stereocenters. The first-order valence-electron chi connectivity index (χ1n) is 4.30. The van der Waals surface area contributed by atoms with E-state index < -0.39 is 0 Å². The highest BCUT2D eigenvalue weighted by Crippen LogP contribution is 2.09. The van der Waals surface area contributed by atoms with E-state index in [0.717, 1.165) is 12.4 Å². The number of rotatable bonds is 1. The molecule has 1 amide bonds. The van der Waals surface area contributed by atoms with Crippen LogP contribution in [0.15, 0.2) is 24.4 Å². The van der Waals surface area contributed by atoms with Crippen LogP contribution in [0, 0.1) is 0 Å². The Kier molecular flexibility index (Phi) is 2.23. The first-order chi connectivity index (χ1) is 6.38. The standard InChI is InChI=1S/C9H11N3O/c13-9-7-10-5-6-12(9)8-3-1-2-4-11-8/h1-4,10H,5-7H2. The molecule has 1 fully saturated rings. The summed E-state index contributed by atoms with van der Waals surface area (Å²) in [5.74, 6) is 0.832. The van der Waals surface area contributed by atoms with E-state index in [-0.39, 0.29) is 5.91 Å². The highest BCUT2D eigenvalue weighted by atomic mass is 16.2. The summed E-state index contributed by atoms with van der Waals surface area (Å²) in [6.45, 7) is 1.95. The van der Waals surface area contributed by atoms with Gasteiger partial charge < -0.3 is 5.32 Å². The van der Waals surface area contributed by atoms with Crippen molar-refractivity contribution in [2.24, 2.45) is 0 Å². The van der Waals surface area contributed by atoms with Crippen molar-refractivity contribution >= 4 is 11.7 Å². The number of nitrogens with one attached hydrogen (secondary N) is 1. The van der Waals surface area contributed by atoms with Crippen molar-refractivity contribution in [2.45, 2.75) is 0 Å². The number of carbonyl (C=O) groups is 1. The lowest BCUT2D eigenvalue weighted by Crippen LogP contribution is -2.48. The van der Waals surface area contributed by atoms with Crippen LogP contribution in [-0.4, -0.2) is 30.5 Å². The molecule has 1 aliphatic heterocycles. The van der Waals surface area contributed by atoms with Crippen LogP contribution in [0.1, 0.15) is 0 Å². The molecule has 0 saturated carbocycles. The zero-order chi connectivity index (χ0) is 9.10. The number of amides is 1. The Labute approximate surface area is 76.6 Å². The fourth-order valence-corrected chi connectivity index (χ4v) is 1.36. The van der Waals surface area contributed by atoms with Gasteiger partial charge >= 0.3 is 0 Å². The smallest absolute Gasteiger partial charge is 0.242 e. The topological polar surface area (TPSA) is 45.2 Å². The minimum absolute atomic E-state index is 0.0879. The predicted octanol–water partition coefficient (Wildman–Crippen LogP) is 0.0178. The van der Waals surface area contributed by atoms with Crippen molar-refractivity contribution < 1.29 is 4.79 Å². The molecule has 0 unspecified atom stereocenters. The Morgan fingerprint density at radius 3 is 3.08 bits per heavy atom. The van der Waals surface area contributed by atoms with Crippen LogP contribution >= 0.6 is 0 Å². The second-order valence-electron chi connectivity index (χ2n) is 2.91. The van der Waals surface area contributed by atoms with Crippen molar-refractivity contribution in [3.05, 3.63) is 24.4 Å². The van der Waals surface area contributed by atoms with Gasteiger partial charge in [0.05, 0.1) is 6.54 Å². The van der Waals surface area contributed by atoms with Crippen molar-refractivity contribution in [1.29, 1.82) is 0 Å². The zero-order valence-corrected chi connectivity index (χ0v) is 7.23. The second-order valence-corrected chi connectivity index (χ2v) is 2.91. The van der Waals surface area contributed by atoms with Crippen molar-refractivity contribution in [3.63, 3.8) is 0 Å². The molecule has 1 aromatic rings. The van der Waals surface area contributed by atoms with Gasteiger partial charge in [-0.2, -0.15) is 0 Å². The van der Waals surface area contributed by atoms with Gasteiger partial charge in [0.15, 0.2) is 0 Å². The fraction of sp³-hybridized carbons (Fsp3) is 0.333. The van der Waals surface area contributed by atoms with E-state index in [9.17, 15) is 4.79 Å². The molecule has 4 heteroatoms. The third kappa shape index (κ3) is 1.67. The minimum atomic E-state index is 0.0879. The van der Waals surface area contributed by atoms with E-state index in [1.54, 1.807) is 11.1 Å². The monoisotopic (exact) mass is 177 g/mol. The molecule has 0 radical (unpaired) electrons. The first kappa shape index (κ1) is 8.19. The molecule has 1 aromatic heterocycles. The third-order valence-electron chi connectivity index (χ3n) is 2.02. The van der Waals surface area contributed by atoms with Crippen LogP contribution in [0.25, 0.3) is 0 Å². The third-order valence-corrected chi connectivity index (χ3v) is 2.02. The van der Waals surface area contributed by atoms with E-state index in [1.165, 1.54) is 0 Å². The highest BCUT2D eigenvalue weighted by Gasteiger charge is 2.19. The zero-order valence-electron chi connectivity index (χ0n) is 7.23. The van der Waals surface area contributed by atoms with Crippen LogP contribution in [0.5, 0.6) is 0 Å². The van der Waals surface area contributed by atoms with Gasteiger partial charge in [0.1, 0.15) is 5.82 Å². The highest BCUT2D eigenvalue weighted by molar-refractivity contribution is 5.94. The molecule has 2 rings (SSSR count). The maximum atomic E-state index is 11.4. The Hall–Kier alpha value is -1.42. The van der Waals surface area contributed by atoms with Crippen molar-refractivity contribution in [3.8, 4) is 0 Å². The molecule has 2 heterocycles. The molecule has 0 aliphatic carbocycles. The van der Waals surface area contributed by atoms with Crippen molar-refractivity contribution in [2.75, 3.05) is 24.5 Å². The summed E-state index contributed by atoms with van der Waals surface area (Å²) in [6.07, 6.45) is 1.70. The summed E-state index contributed by atoms with van der Waals surface area (Å²) in [4.78, 5) is 17.3. The SMILES string of the molecule is O=C1CNCCN1c1ccccn1. The number of anilines is 1. The number of piperazine rings is 1. The lowest BCUT2D eigenvalue weighted by molar-refractivity contribution is -0.118. The average Bonchev–Trinajstić information content (AvgIpc) is 2.20. The number of aromatic nitrogens is 1. The minimum Gasteiger partial charge on any atom is -0.307 e. The van der Waals surface area contributed by atoms with Gasteiger partial charge in [0.25, 0.3) is 0 Å². The second kappa shape index (κ2) is 3.53. The molecule has 68 valence electrons. The summed E-state index contributed by atoms with van der Waals surface area (Å²) in [5, 5.41) is 3.02. The summed E-state index contributed by atoms with van der Waals surface area (Å²) in [7, 11) is 0. The lowest BCUT2D eigenvalue weighted by Gasteiger charge is -2.26. The van der Waals surface area contributed by atoms with Gasteiger partial charge in [-0.1, -0.05) is 6.07 Å². The van der Waals surface area contributed by atoms with Crippen LogP contribution < -0.4 is 10.2 Å². The van der Waals surface area contributed by atoms with Crippen LogP contribution in [0.3, 0.4) is 0 Å². The number of hydrogen-bond acceptors (Lipinski definition) is 3. The number of nitrogens with zero attached hydrogens (tertiary/aromatic N) is 2. The van der Waals surface area contributed by atoms with Gasteiger partial charge in [-0.15, -0.1) is 0 Å². The average molecular weight is 177 g/mol. The molecule has 0 aromatic carbocycles. The Balaban J connectivity index is 2.20. The Morgan fingerprint density at radius 2 is 2.38 bits per heavy atom. The Bertz CT molecular complexity index is 299. The normalized spacial score (nSPS) is 17.5. The molecule has 0 spiro atoms. The number of hydrogen-bond donors (Lipinski definition) is 1. The molecule has 1 aliphatic rings. The predicted molar refractivity (Wildman–Crippen MR) is 49.5 cm³/mol. The Morgan fingerprint density at radius 1 is 1.46 bits per heavy atom. The van der Waals surface area contributed by atoms with Crippen molar-refractivity contribution in [1.82, 2.24) is 10.3 Å². The van der Waals surface area contributed by atoms with Gasteiger partial charge in [-0.05, 0) is 12.1 Å². The molecule has 13 heavy (non-hydrogen) atoms. The quantitative estimate of drug-likeness (QED) is 0.657. The van der Waals surface area contributed by atoms with Crippen LogP contribution in [-0.2, 0) is 4.79 Å².